The zero-order valence-electron chi connectivity index (χ0n) is 14.2. The normalized spacial score (nSPS) is 17.4. The second kappa shape index (κ2) is 6.63. The summed E-state index contributed by atoms with van der Waals surface area (Å²) in [5.41, 5.74) is 0.483. The molecule has 0 saturated carbocycles. The highest BCUT2D eigenvalue weighted by Crippen LogP contribution is 2.45. The molecule has 2 aromatic rings. The number of aromatic nitrogens is 1. The van der Waals surface area contributed by atoms with Crippen molar-refractivity contribution in [1.29, 1.82) is 0 Å². The van der Waals surface area contributed by atoms with Gasteiger partial charge < -0.3 is 9.47 Å². The van der Waals surface area contributed by atoms with Gasteiger partial charge in [0.1, 0.15) is 5.69 Å². The standard InChI is InChI=1S/C18H19F3N2O2/c1-4-5-14-17(24-10(2)3)25-16-13(23-14)7-6-12-15(16)11(8-9-22-12)18(19,20)21/h6-10,17H,4-5H2,1-3H3. The molecule has 0 saturated heterocycles. The van der Waals surface area contributed by atoms with Gasteiger partial charge in [-0.15, -0.1) is 0 Å². The van der Waals surface area contributed by atoms with Crippen LogP contribution in [0.4, 0.5) is 18.9 Å². The molecule has 4 nitrogen and oxygen atoms in total. The third kappa shape index (κ3) is 3.46. The fraction of sp³-hybridized carbons (Fsp3) is 0.444. The molecule has 0 aliphatic carbocycles. The summed E-state index contributed by atoms with van der Waals surface area (Å²) in [6.45, 7) is 5.68. The lowest BCUT2D eigenvalue weighted by Crippen LogP contribution is -2.34. The average Bonchev–Trinajstić information content (AvgIpc) is 2.53. The van der Waals surface area contributed by atoms with Gasteiger partial charge in [0.2, 0.25) is 6.29 Å². The third-order valence-electron chi connectivity index (χ3n) is 3.81. The number of ether oxygens (including phenoxy) is 2. The Labute approximate surface area is 143 Å². The van der Waals surface area contributed by atoms with Crippen molar-refractivity contribution in [1.82, 2.24) is 4.98 Å². The molecule has 1 aliphatic heterocycles. The summed E-state index contributed by atoms with van der Waals surface area (Å²) in [6.07, 6.45) is -2.83. The molecule has 1 aromatic carbocycles. The van der Waals surface area contributed by atoms with Crippen molar-refractivity contribution in [3.8, 4) is 5.75 Å². The van der Waals surface area contributed by atoms with Crippen molar-refractivity contribution in [2.24, 2.45) is 4.99 Å². The van der Waals surface area contributed by atoms with Crippen molar-refractivity contribution in [3.63, 3.8) is 0 Å². The van der Waals surface area contributed by atoms with Gasteiger partial charge in [0.25, 0.3) is 0 Å². The Bertz CT molecular complexity index is 816. The molecule has 0 spiro atoms. The van der Waals surface area contributed by atoms with Gasteiger partial charge in [-0.3, -0.25) is 4.98 Å². The van der Waals surface area contributed by atoms with E-state index in [2.05, 4.69) is 9.98 Å². The van der Waals surface area contributed by atoms with Crippen LogP contribution in [0.3, 0.4) is 0 Å². The number of hydrogen-bond acceptors (Lipinski definition) is 4. The average molecular weight is 352 g/mol. The number of rotatable bonds is 4. The SMILES string of the molecule is CCCC1=Nc2ccc3nccc(C(F)(F)F)c3c2OC1OC(C)C. The number of halogens is 3. The minimum Gasteiger partial charge on any atom is -0.456 e. The molecule has 1 unspecified atom stereocenters. The van der Waals surface area contributed by atoms with Crippen LogP contribution < -0.4 is 4.74 Å². The highest BCUT2D eigenvalue weighted by molar-refractivity contribution is 5.99. The van der Waals surface area contributed by atoms with Crippen molar-refractivity contribution >= 4 is 22.3 Å². The molecule has 3 rings (SSSR count). The molecular weight excluding hydrogens is 333 g/mol. The lowest BCUT2D eigenvalue weighted by molar-refractivity contribution is -0.136. The molecule has 0 N–H and O–H groups in total. The number of alkyl halides is 3. The van der Waals surface area contributed by atoms with Crippen LogP contribution in [-0.4, -0.2) is 23.1 Å². The molecule has 1 atom stereocenters. The molecule has 134 valence electrons. The topological polar surface area (TPSA) is 43.7 Å². The van der Waals surface area contributed by atoms with E-state index >= 15 is 0 Å². The zero-order chi connectivity index (χ0) is 18.2. The fourth-order valence-electron chi connectivity index (χ4n) is 2.81. The molecule has 1 aromatic heterocycles. The van der Waals surface area contributed by atoms with Gasteiger partial charge in [-0.1, -0.05) is 13.3 Å². The van der Waals surface area contributed by atoms with E-state index in [1.54, 1.807) is 6.07 Å². The molecular formula is C18H19F3N2O2. The minimum atomic E-state index is -4.51. The quantitative estimate of drug-likeness (QED) is 0.753. The van der Waals surface area contributed by atoms with Gasteiger partial charge in [0.15, 0.2) is 5.75 Å². The lowest BCUT2D eigenvalue weighted by Gasteiger charge is -2.28. The highest BCUT2D eigenvalue weighted by atomic mass is 19.4. The molecule has 2 heterocycles. The Kier molecular flexibility index (Phi) is 4.69. The Morgan fingerprint density at radius 2 is 2.00 bits per heavy atom. The van der Waals surface area contributed by atoms with Crippen LogP contribution in [-0.2, 0) is 10.9 Å². The number of pyridine rings is 1. The van der Waals surface area contributed by atoms with Gasteiger partial charge in [0, 0.05) is 6.20 Å². The van der Waals surface area contributed by atoms with Gasteiger partial charge in [0.05, 0.1) is 28.3 Å². The maximum Gasteiger partial charge on any atom is 0.417 e. The predicted molar refractivity (Wildman–Crippen MR) is 89.4 cm³/mol. The summed E-state index contributed by atoms with van der Waals surface area (Å²) in [5.74, 6) is 0.0726. The monoisotopic (exact) mass is 352 g/mol. The van der Waals surface area contributed by atoms with Gasteiger partial charge in [-0.05, 0) is 38.5 Å². The summed E-state index contributed by atoms with van der Waals surface area (Å²) >= 11 is 0. The van der Waals surface area contributed by atoms with Crippen molar-refractivity contribution in [2.75, 3.05) is 0 Å². The number of fused-ring (bicyclic) bond motifs is 3. The Hall–Kier alpha value is -2.15. The molecule has 25 heavy (non-hydrogen) atoms. The third-order valence-corrected chi connectivity index (χ3v) is 3.81. The highest BCUT2D eigenvalue weighted by Gasteiger charge is 2.36. The first-order valence-corrected chi connectivity index (χ1v) is 8.19. The van der Waals surface area contributed by atoms with E-state index < -0.39 is 18.0 Å². The van der Waals surface area contributed by atoms with E-state index in [1.807, 2.05) is 20.8 Å². The second-order valence-corrected chi connectivity index (χ2v) is 6.15. The fourth-order valence-corrected chi connectivity index (χ4v) is 2.81. The number of nitrogens with zero attached hydrogens (tertiary/aromatic N) is 2. The van der Waals surface area contributed by atoms with E-state index in [0.29, 0.717) is 17.8 Å². The first-order valence-electron chi connectivity index (χ1n) is 8.19. The van der Waals surface area contributed by atoms with Gasteiger partial charge in [-0.2, -0.15) is 13.2 Å². The van der Waals surface area contributed by atoms with Gasteiger partial charge >= 0.3 is 6.18 Å². The van der Waals surface area contributed by atoms with E-state index in [4.69, 9.17) is 9.47 Å². The summed E-state index contributed by atoms with van der Waals surface area (Å²) in [5, 5.41) is -0.0795. The zero-order valence-corrected chi connectivity index (χ0v) is 14.2. The van der Waals surface area contributed by atoms with Crippen molar-refractivity contribution in [3.05, 3.63) is 30.0 Å². The smallest absolute Gasteiger partial charge is 0.417 e. The minimum absolute atomic E-state index is 0.0726. The van der Waals surface area contributed by atoms with E-state index in [1.165, 1.54) is 6.07 Å². The largest absolute Gasteiger partial charge is 0.456 e. The lowest BCUT2D eigenvalue weighted by atomic mass is 10.0. The molecule has 0 fully saturated rings. The number of hydrogen-bond donors (Lipinski definition) is 0. The van der Waals surface area contributed by atoms with E-state index in [9.17, 15) is 13.2 Å². The summed E-state index contributed by atoms with van der Waals surface area (Å²) in [4.78, 5) is 8.55. The Morgan fingerprint density at radius 1 is 1.24 bits per heavy atom. The van der Waals surface area contributed by atoms with E-state index in [0.717, 1.165) is 18.7 Å². The molecule has 1 aliphatic rings. The van der Waals surface area contributed by atoms with E-state index in [-0.39, 0.29) is 22.8 Å². The molecule has 0 bridgehead atoms. The first-order chi connectivity index (χ1) is 11.8. The molecule has 0 amide bonds. The van der Waals surface area contributed by atoms with Crippen LogP contribution in [0.5, 0.6) is 5.75 Å². The summed E-state index contributed by atoms with van der Waals surface area (Å²) in [6, 6.07) is 4.12. The van der Waals surface area contributed by atoms with Crippen LogP contribution in [0.1, 0.15) is 39.2 Å². The van der Waals surface area contributed by atoms with Gasteiger partial charge in [-0.25, -0.2) is 4.99 Å². The van der Waals surface area contributed by atoms with Crippen LogP contribution in [0.2, 0.25) is 0 Å². The Balaban J connectivity index is 2.21. The van der Waals surface area contributed by atoms with Crippen molar-refractivity contribution in [2.45, 2.75) is 52.2 Å². The maximum absolute atomic E-state index is 13.4. The van der Waals surface area contributed by atoms with Crippen LogP contribution in [0.25, 0.3) is 10.9 Å². The Morgan fingerprint density at radius 3 is 2.64 bits per heavy atom. The molecule has 0 radical (unpaired) electrons. The number of benzene rings is 1. The van der Waals surface area contributed by atoms with Crippen LogP contribution in [0.15, 0.2) is 29.4 Å². The maximum atomic E-state index is 13.4. The van der Waals surface area contributed by atoms with Crippen molar-refractivity contribution < 1.29 is 22.6 Å². The van der Waals surface area contributed by atoms with Crippen LogP contribution in [0, 0.1) is 0 Å². The molecule has 7 heteroatoms. The van der Waals surface area contributed by atoms with Crippen LogP contribution >= 0.6 is 0 Å². The number of aliphatic imine (C=N–C) groups is 1. The summed E-state index contributed by atoms with van der Waals surface area (Å²) < 4.78 is 51.9. The summed E-state index contributed by atoms with van der Waals surface area (Å²) in [7, 11) is 0. The first kappa shape index (κ1) is 17.7. The predicted octanol–water partition coefficient (Wildman–Crippen LogP) is 5.27. The second-order valence-electron chi connectivity index (χ2n) is 6.15.